The largest absolute Gasteiger partial charge is 0.337 e. The number of nitrogens with zero attached hydrogens (tertiary/aromatic N) is 3. The summed E-state index contributed by atoms with van der Waals surface area (Å²) >= 11 is 0. The lowest BCUT2D eigenvalue weighted by atomic mass is 9.99. The lowest BCUT2D eigenvalue weighted by molar-refractivity contribution is 0.0780. The Morgan fingerprint density at radius 1 is 1.33 bits per heavy atom. The summed E-state index contributed by atoms with van der Waals surface area (Å²) in [5.41, 5.74) is 2.50. The van der Waals surface area contributed by atoms with Crippen molar-refractivity contribution >= 4 is 5.91 Å². The van der Waals surface area contributed by atoms with Crippen molar-refractivity contribution in [3.63, 3.8) is 0 Å². The van der Waals surface area contributed by atoms with Gasteiger partial charge in [0.05, 0.1) is 12.0 Å². The molecule has 0 N–H and O–H groups in total. The zero-order valence-electron chi connectivity index (χ0n) is 12.2. The molecule has 1 atom stereocenters. The van der Waals surface area contributed by atoms with Crippen LogP contribution in [0, 0.1) is 12.7 Å². The third kappa shape index (κ3) is 2.55. The predicted molar refractivity (Wildman–Crippen MR) is 77.6 cm³/mol. The molecule has 1 amide bonds. The molecule has 110 valence electrons. The molecule has 2 heterocycles. The molecule has 1 aliphatic heterocycles. The number of benzene rings is 1. The number of imidazole rings is 1. The predicted octanol–water partition coefficient (Wildman–Crippen LogP) is 2.50. The van der Waals surface area contributed by atoms with Gasteiger partial charge in [0, 0.05) is 26.1 Å². The smallest absolute Gasteiger partial charge is 0.272 e. The first-order valence-corrected chi connectivity index (χ1v) is 7.09. The summed E-state index contributed by atoms with van der Waals surface area (Å²) in [5.74, 6) is 0.0791. The summed E-state index contributed by atoms with van der Waals surface area (Å²) in [6.45, 7) is 3.25. The second-order valence-corrected chi connectivity index (χ2v) is 5.58. The Morgan fingerprint density at radius 2 is 2.05 bits per heavy atom. The van der Waals surface area contributed by atoms with Gasteiger partial charge in [-0.15, -0.1) is 0 Å². The van der Waals surface area contributed by atoms with E-state index in [1.165, 1.54) is 12.1 Å². The van der Waals surface area contributed by atoms with Crippen molar-refractivity contribution in [2.75, 3.05) is 13.1 Å². The van der Waals surface area contributed by atoms with E-state index in [9.17, 15) is 9.18 Å². The van der Waals surface area contributed by atoms with Crippen LogP contribution >= 0.6 is 0 Å². The molecule has 0 aliphatic carbocycles. The van der Waals surface area contributed by atoms with Crippen LogP contribution in [0.4, 0.5) is 4.39 Å². The van der Waals surface area contributed by atoms with E-state index in [0.717, 1.165) is 24.2 Å². The van der Waals surface area contributed by atoms with Gasteiger partial charge >= 0.3 is 0 Å². The van der Waals surface area contributed by atoms with Crippen molar-refractivity contribution in [3.05, 3.63) is 53.4 Å². The number of carbonyl (C=O) groups is 1. The summed E-state index contributed by atoms with van der Waals surface area (Å²) < 4.78 is 14.7. The minimum atomic E-state index is -0.227. The fourth-order valence-electron chi connectivity index (χ4n) is 2.95. The average Bonchev–Trinajstić information content (AvgIpc) is 3.07. The van der Waals surface area contributed by atoms with Crippen molar-refractivity contribution in [1.29, 1.82) is 0 Å². The molecular weight excluding hydrogens is 269 g/mol. The van der Waals surface area contributed by atoms with Crippen LogP contribution in [-0.2, 0) is 7.05 Å². The van der Waals surface area contributed by atoms with Gasteiger partial charge in [-0.05, 0) is 31.0 Å². The van der Waals surface area contributed by atoms with Crippen molar-refractivity contribution in [3.8, 4) is 0 Å². The van der Waals surface area contributed by atoms with Gasteiger partial charge < -0.3 is 9.47 Å². The van der Waals surface area contributed by atoms with Crippen LogP contribution in [0.15, 0.2) is 30.6 Å². The van der Waals surface area contributed by atoms with Crippen LogP contribution < -0.4 is 0 Å². The maximum atomic E-state index is 13.0. The summed E-state index contributed by atoms with van der Waals surface area (Å²) in [7, 11) is 1.83. The van der Waals surface area contributed by atoms with Crippen molar-refractivity contribution in [2.45, 2.75) is 19.3 Å². The number of carbonyl (C=O) groups excluding carboxylic acids is 1. The first-order valence-electron chi connectivity index (χ1n) is 7.09. The normalized spacial score (nSPS) is 18.2. The number of hydrogen-bond donors (Lipinski definition) is 0. The zero-order valence-corrected chi connectivity index (χ0v) is 12.2. The maximum Gasteiger partial charge on any atom is 0.272 e. The van der Waals surface area contributed by atoms with Crippen molar-refractivity contribution in [2.24, 2.45) is 7.05 Å². The highest BCUT2D eigenvalue weighted by Gasteiger charge is 2.30. The Morgan fingerprint density at radius 3 is 2.67 bits per heavy atom. The molecule has 1 saturated heterocycles. The Balaban J connectivity index is 1.75. The molecule has 1 unspecified atom stereocenters. The van der Waals surface area contributed by atoms with Gasteiger partial charge in [0.15, 0.2) is 0 Å². The van der Waals surface area contributed by atoms with E-state index in [4.69, 9.17) is 0 Å². The molecule has 1 aromatic carbocycles. The van der Waals surface area contributed by atoms with E-state index in [1.807, 2.05) is 31.0 Å². The fraction of sp³-hybridized carbons (Fsp3) is 0.375. The molecular formula is C16H18FN3O. The van der Waals surface area contributed by atoms with Crippen LogP contribution in [0.25, 0.3) is 0 Å². The summed E-state index contributed by atoms with van der Waals surface area (Å²) in [6.07, 6.45) is 2.57. The number of rotatable bonds is 2. The maximum absolute atomic E-state index is 13.0. The van der Waals surface area contributed by atoms with Gasteiger partial charge in [-0.3, -0.25) is 4.79 Å². The molecule has 4 nitrogen and oxygen atoms in total. The van der Waals surface area contributed by atoms with Crippen LogP contribution in [0.3, 0.4) is 0 Å². The number of aryl methyl sites for hydroxylation is 2. The second-order valence-electron chi connectivity index (χ2n) is 5.58. The van der Waals surface area contributed by atoms with E-state index in [-0.39, 0.29) is 17.6 Å². The number of hydrogen-bond acceptors (Lipinski definition) is 2. The number of likely N-dealkylation sites (tertiary alicyclic amines) is 1. The Kier molecular flexibility index (Phi) is 3.49. The van der Waals surface area contributed by atoms with E-state index in [1.54, 1.807) is 10.9 Å². The van der Waals surface area contributed by atoms with Crippen LogP contribution in [0.5, 0.6) is 0 Å². The molecule has 0 radical (unpaired) electrons. The first kappa shape index (κ1) is 13.8. The SMILES string of the molecule is Cc1ncn(C)c1C(=O)N1CCC(c2ccc(F)cc2)C1. The lowest BCUT2D eigenvalue weighted by Crippen LogP contribution is -2.30. The highest BCUT2D eigenvalue weighted by Crippen LogP contribution is 2.28. The number of halogens is 1. The average molecular weight is 287 g/mol. The minimum absolute atomic E-state index is 0.0251. The third-order valence-electron chi connectivity index (χ3n) is 4.14. The van der Waals surface area contributed by atoms with E-state index in [2.05, 4.69) is 4.98 Å². The van der Waals surface area contributed by atoms with Gasteiger partial charge in [-0.25, -0.2) is 9.37 Å². The molecule has 3 rings (SSSR count). The molecule has 2 aromatic rings. The van der Waals surface area contributed by atoms with Crippen molar-refractivity contribution in [1.82, 2.24) is 14.5 Å². The molecule has 1 fully saturated rings. The summed E-state index contributed by atoms with van der Waals surface area (Å²) in [6, 6.07) is 6.57. The highest BCUT2D eigenvalue weighted by molar-refractivity contribution is 5.93. The molecule has 5 heteroatoms. The van der Waals surface area contributed by atoms with E-state index in [0.29, 0.717) is 12.2 Å². The lowest BCUT2D eigenvalue weighted by Gasteiger charge is -2.17. The summed E-state index contributed by atoms with van der Waals surface area (Å²) in [5, 5.41) is 0. The second kappa shape index (κ2) is 5.31. The fourth-order valence-corrected chi connectivity index (χ4v) is 2.95. The molecule has 1 aliphatic rings. The molecule has 0 saturated carbocycles. The number of aromatic nitrogens is 2. The Bertz CT molecular complexity index is 643. The molecule has 1 aromatic heterocycles. The van der Waals surface area contributed by atoms with Gasteiger partial charge in [0.1, 0.15) is 11.5 Å². The van der Waals surface area contributed by atoms with Gasteiger partial charge in [0.2, 0.25) is 0 Å². The highest BCUT2D eigenvalue weighted by atomic mass is 19.1. The van der Waals surface area contributed by atoms with Gasteiger partial charge in [-0.1, -0.05) is 12.1 Å². The minimum Gasteiger partial charge on any atom is -0.337 e. The van der Waals surface area contributed by atoms with E-state index >= 15 is 0 Å². The zero-order chi connectivity index (χ0) is 15.0. The molecule has 21 heavy (non-hydrogen) atoms. The molecule has 0 bridgehead atoms. The Hall–Kier alpha value is -2.17. The van der Waals surface area contributed by atoms with Crippen LogP contribution in [0.1, 0.15) is 34.1 Å². The topological polar surface area (TPSA) is 38.1 Å². The summed E-state index contributed by atoms with van der Waals surface area (Å²) in [4.78, 5) is 18.6. The van der Waals surface area contributed by atoms with E-state index < -0.39 is 0 Å². The van der Waals surface area contributed by atoms with Crippen LogP contribution in [-0.4, -0.2) is 33.4 Å². The van der Waals surface area contributed by atoms with Crippen LogP contribution in [0.2, 0.25) is 0 Å². The number of amides is 1. The standard InChI is InChI=1S/C16H18FN3O/c1-11-15(19(2)10-18-11)16(21)20-8-7-13(9-20)12-3-5-14(17)6-4-12/h3-6,10,13H,7-9H2,1-2H3. The first-order chi connectivity index (χ1) is 10.1. The van der Waals surface area contributed by atoms with Crippen molar-refractivity contribution < 1.29 is 9.18 Å². The Labute approximate surface area is 123 Å². The van der Waals surface area contributed by atoms with Gasteiger partial charge in [-0.2, -0.15) is 0 Å². The molecule has 0 spiro atoms. The third-order valence-corrected chi connectivity index (χ3v) is 4.14. The van der Waals surface area contributed by atoms with Gasteiger partial charge in [0.25, 0.3) is 5.91 Å². The monoisotopic (exact) mass is 287 g/mol. The quantitative estimate of drug-likeness (QED) is 0.851.